The summed E-state index contributed by atoms with van der Waals surface area (Å²) in [7, 11) is 0. The van der Waals surface area contributed by atoms with E-state index in [1.807, 2.05) is 12.4 Å². The van der Waals surface area contributed by atoms with Crippen molar-refractivity contribution in [3.8, 4) is 11.1 Å². The van der Waals surface area contributed by atoms with Crippen LogP contribution in [0.5, 0.6) is 0 Å². The number of fused-ring (bicyclic) bond motifs is 2. The van der Waals surface area contributed by atoms with Gasteiger partial charge in [0.15, 0.2) is 0 Å². The summed E-state index contributed by atoms with van der Waals surface area (Å²) >= 11 is 1.58. The summed E-state index contributed by atoms with van der Waals surface area (Å²) in [6.45, 7) is 0.594. The van der Waals surface area contributed by atoms with Gasteiger partial charge in [-0.15, -0.1) is 10.2 Å². The Morgan fingerprint density at radius 2 is 1.91 bits per heavy atom. The normalized spacial score (nSPS) is 26.3. The Morgan fingerprint density at radius 3 is 2.55 bits per heavy atom. The lowest BCUT2D eigenvalue weighted by molar-refractivity contribution is -0.143. The molecule has 8 nitrogen and oxygen atoms in total. The number of benzene rings is 1. The quantitative estimate of drug-likeness (QED) is 0.520. The number of ether oxygens (including phenoxy) is 1. The molecule has 2 atom stereocenters. The van der Waals surface area contributed by atoms with Crippen LogP contribution in [0.4, 0.5) is 11.1 Å². The summed E-state index contributed by atoms with van der Waals surface area (Å²) in [5.41, 5.74) is 2.63. The molecule has 2 aliphatic carbocycles. The van der Waals surface area contributed by atoms with Gasteiger partial charge < -0.3 is 9.84 Å². The first-order valence-electron chi connectivity index (χ1n) is 11.4. The number of anilines is 2. The molecule has 1 saturated heterocycles. The van der Waals surface area contributed by atoms with Gasteiger partial charge in [0.2, 0.25) is 11.1 Å². The van der Waals surface area contributed by atoms with E-state index in [2.05, 4.69) is 49.7 Å². The zero-order valence-corrected chi connectivity index (χ0v) is 19.0. The largest absolute Gasteiger partial charge is 0.481 e. The molecular formula is C24H25N5O3S. The van der Waals surface area contributed by atoms with Crippen molar-refractivity contribution in [2.24, 2.45) is 0 Å². The maximum absolute atomic E-state index is 11.2. The standard InChI is InChI=1S/C24H25N5O3S/c30-19(31)10-24-9-8-23(13-24,14-32-24)18-6-4-15(5-7-18)17-11-25-21(26-12-17)27-22-29-28-20(33-22)16-2-1-3-16/h4-7,11-12,16H,1-3,8-10,13-14H2,(H,30,31)(H,25,26,27,29). The molecule has 170 valence electrons. The zero-order valence-electron chi connectivity index (χ0n) is 18.2. The van der Waals surface area contributed by atoms with Gasteiger partial charge in [0.1, 0.15) is 5.01 Å². The molecule has 1 aromatic carbocycles. The number of hydrogen-bond donors (Lipinski definition) is 2. The fourth-order valence-electron chi connectivity index (χ4n) is 5.36. The van der Waals surface area contributed by atoms with Crippen LogP contribution in [-0.4, -0.2) is 43.4 Å². The van der Waals surface area contributed by atoms with Gasteiger partial charge in [-0.2, -0.15) is 0 Å². The summed E-state index contributed by atoms with van der Waals surface area (Å²) in [5, 5.41) is 22.7. The van der Waals surface area contributed by atoms with Crippen molar-refractivity contribution < 1.29 is 14.6 Å². The fraction of sp³-hybridized carbons (Fsp3) is 0.458. The van der Waals surface area contributed by atoms with Crippen molar-refractivity contribution in [2.75, 3.05) is 11.9 Å². The lowest BCUT2D eigenvalue weighted by Crippen LogP contribution is -2.30. The van der Waals surface area contributed by atoms with Crippen LogP contribution in [0.1, 0.15) is 61.4 Å². The number of carboxylic acids is 1. The molecule has 3 aliphatic rings. The topological polar surface area (TPSA) is 110 Å². The Labute approximate surface area is 195 Å². The summed E-state index contributed by atoms with van der Waals surface area (Å²) in [4.78, 5) is 20.2. The van der Waals surface area contributed by atoms with Crippen LogP contribution in [0.2, 0.25) is 0 Å². The van der Waals surface area contributed by atoms with Crippen LogP contribution in [-0.2, 0) is 14.9 Å². The van der Waals surface area contributed by atoms with Crippen molar-refractivity contribution >= 4 is 28.4 Å². The molecule has 3 fully saturated rings. The second-order valence-electron chi connectivity index (χ2n) is 9.57. The SMILES string of the molecule is O=C(O)CC12CCC(c3ccc(-c4cnc(Nc5nnc(C6CCC6)s5)nc4)cc3)(CO1)C2. The van der Waals surface area contributed by atoms with E-state index in [1.54, 1.807) is 11.3 Å². The number of hydrogen-bond acceptors (Lipinski definition) is 8. The van der Waals surface area contributed by atoms with Gasteiger partial charge in [-0.1, -0.05) is 42.0 Å². The number of nitrogens with one attached hydrogen (secondary N) is 1. The first-order valence-corrected chi connectivity index (χ1v) is 12.2. The minimum absolute atomic E-state index is 0.0711. The molecular weight excluding hydrogens is 438 g/mol. The summed E-state index contributed by atoms with van der Waals surface area (Å²) in [5.74, 6) is 0.290. The smallest absolute Gasteiger partial charge is 0.306 e. The number of aliphatic carboxylic acids is 1. The second kappa shape index (κ2) is 7.85. The molecule has 2 N–H and O–H groups in total. The molecule has 9 heteroatoms. The molecule has 0 radical (unpaired) electrons. The first kappa shape index (κ1) is 20.7. The second-order valence-corrected chi connectivity index (χ2v) is 10.6. The van der Waals surface area contributed by atoms with Gasteiger partial charge in [0.05, 0.1) is 18.6 Å². The molecule has 3 aromatic rings. The third-order valence-corrected chi connectivity index (χ3v) is 8.45. The van der Waals surface area contributed by atoms with Gasteiger partial charge in [0.25, 0.3) is 0 Å². The van der Waals surface area contributed by atoms with E-state index in [0.29, 0.717) is 18.5 Å². The van der Waals surface area contributed by atoms with E-state index < -0.39 is 11.6 Å². The van der Waals surface area contributed by atoms with Gasteiger partial charge in [0, 0.05) is 29.3 Å². The predicted octanol–water partition coefficient (Wildman–Crippen LogP) is 4.67. The van der Waals surface area contributed by atoms with Crippen molar-refractivity contribution in [3.05, 3.63) is 47.2 Å². The van der Waals surface area contributed by atoms with Crippen LogP contribution < -0.4 is 5.32 Å². The summed E-state index contributed by atoms with van der Waals surface area (Å²) in [6, 6.07) is 8.44. The molecule has 1 aliphatic heterocycles. The van der Waals surface area contributed by atoms with Crippen LogP contribution in [0.3, 0.4) is 0 Å². The van der Waals surface area contributed by atoms with Gasteiger partial charge in [-0.25, -0.2) is 9.97 Å². The zero-order chi connectivity index (χ0) is 22.5. The lowest BCUT2D eigenvalue weighted by Gasteiger charge is -2.28. The highest BCUT2D eigenvalue weighted by molar-refractivity contribution is 7.15. The van der Waals surface area contributed by atoms with E-state index in [9.17, 15) is 9.90 Å². The minimum atomic E-state index is -0.786. The number of rotatable bonds is 7. The molecule has 3 heterocycles. The highest BCUT2D eigenvalue weighted by Crippen LogP contribution is 2.55. The van der Waals surface area contributed by atoms with E-state index >= 15 is 0 Å². The number of carboxylic acid groups (broad SMARTS) is 1. The van der Waals surface area contributed by atoms with Crippen LogP contribution >= 0.6 is 11.3 Å². The van der Waals surface area contributed by atoms with Crippen LogP contribution in [0.25, 0.3) is 11.1 Å². The predicted molar refractivity (Wildman–Crippen MR) is 124 cm³/mol. The highest BCUT2D eigenvalue weighted by atomic mass is 32.1. The third kappa shape index (κ3) is 3.79. The van der Waals surface area contributed by atoms with Crippen molar-refractivity contribution in [1.29, 1.82) is 0 Å². The van der Waals surface area contributed by atoms with Crippen molar-refractivity contribution in [2.45, 2.75) is 61.9 Å². The number of nitrogens with zero attached hydrogens (tertiary/aromatic N) is 4. The Hall–Kier alpha value is -2.91. The summed E-state index contributed by atoms with van der Waals surface area (Å²) in [6.07, 6.45) is 9.94. The lowest BCUT2D eigenvalue weighted by atomic mass is 9.79. The summed E-state index contributed by atoms with van der Waals surface area (Å²) < 4.78 is 5.99. The molecule has 2 aromatic heterocycles. The first-order chi connectivity index (χ1) is 16.0. The Bertz CT molecular complexity index is 1170. The van der Waals surface area contributed by atoms with Crippen LogP contribution in [0.15, 0.2) is 36.7 Å². The molecule has 2 bridgehead atoms. The van der Waals surface area contributed by atoms with E-state index in [4.69, 9.17) is 4.74 Å². The molecule has 33 heavy (non-hydrogen) atoms. The average Bonchev–Trinajstić information content (AvgIpc) is 3.47. The van der Waals surface area contributed by atoms with Crippen molar-refractivity contribution in [3.63, 3.8) is 0 Å². The Balaban J connectivity index is 1.13. The minimum Gasteiger partial charge on any atom is -0.481 e. The molecule has 2 saturated carbocycles. The molecule has 0 amide bonds. The van der Waals surface area contributed by atoms with Crippen molar-refractivity contribution in [1.82, 2.24) is 20.2 Å². The third-order valence-electron chi connectivity index (χ3n) is 7.44. The van der Waals surface area contributed by atoms with E-state index in [0.717, 1.165) is 40.5 Å². The van der Waals surface area contributed by atoms with Gasteiger partial charge >= 0.3 is 5.97 Å². The highest BCUT2D eigenvalue weighted by Gasteiger charge is 2.57. The van der Waals surface area contributed by atoms with Gasteiger partial charge in [-0.05, 0) is 43.2 Å². The number of aromatic nitrogens is 4. The Morgan fingerprint density at radius 1 is 1.12 bits per heavy atom. The van der Waals surface area contributed by atoms with Crippen LogP contribution in [0, 0.1) is 0 Å². The molecule has 6 rings (SSSR count). The van der Waals surface area contributed by atoms with Gasteiger partial charge in [-0.3, -0.25) is 10.1 Å². The maximum Gasteiger partial charge on any atom is 0.306 e. The Kier molecular flexibility index (Phi) is 4.92. The molecule has 0 spiro atoms. The molecule has 2 unspecified atom stereocenters. The fourth-order valence-corrected chi connectivity index (χ4v) is 6.27. The van der Waals surface area contributed by atoms with E-state index in [1.165, 1.54) is 24.8 Å². The maximum atomic E-state index is 11.2. The average molecular weight is 464 g/mol. The van der Waals surface area contributed by atoms with E-state index in [-0.39, 0.29) is 11.8 Å². The monoisotopic (exact) mass is 463 g/mol. The number of carbonyl (C=O) groups is 1.